The molecule has 0 aliphatic carbocycles. The van der Waals surface area contributed by atoms with E-state index in [4.69, 9.17) is 4.74 Å². The fourth-order valence-electron chi connectivity index (χ4n) is 3.66. The Morgan fingerprint density at radius 3 is 2.34 bits per heavy atom. The maximum atomic E-state index is 13.3. The third-order valence-electron chi connectivity index (χ3n) is 5.29. The summed E-state index contributed by atoms with van der Waals surface area (Å²) in [7, 11) is -1.96. The Bertz CT molecular complexity index is 1080. The van der Waals surface area contributed by atoms with Gasteiger partial charge in [-0.3, -0.25) is 0 Å². The van der Waals surface area contributed by atoms with Crippen LogP contribution in [0.1, 0.15) is 17.2 Å². The molecule has 3 aromatic carbocycles. The first-order valence-corrected chi connectivity index (χ1v) is 11.0. The highest BCUT2D eigenvalue weighted by Crippen LogP contribution is 2.36. The van der Waals surface area contributed by atoms with Gasteiger partial charge in [0, 0.05) is 18.3 Å². The highest BCUT2D eigenvalue weighted by molar-refractivity contribution is 7.89. The molecule has 3 aromatic rings. The van der Waals surface area contributed by atoms with Crippen molar-refractivity contribution in [1.29, 1.82) is 0 Å². The van der Waals surface area contributed by atoms with Crippen LogP contribution in [0.15, 0.2) is 83.8 Å². The Morgan fingerprint density at radius 1 is 0.931 bits per heavy atom. The van der Waals surface area contributed by atoms with Gasteiger partial charge in [-0.2, -0.15) is 4.31 Å². The molecule has 0 bridgehead atoms. The number of anilines is 1. The zero-order valence-electron chi connectivity index (χ0n) is 16.5. The summed E-state index contributed by atoms with van der Waals surface area (Å²) in [5.74, 6) is 0.745. The summed E-state index contributed by atoms with van der Waals surface area (Å²) < 4.78 is 33.5. The second-order valence-electron chi connectivity index (χ2n) is 7.19. The van der Waals surface area contributed by atoms with Crippen molar-refractivity contribution in [2.75, 3.05) is 25.2 Å². The van der Waals surface area contributed by atoms with Crippen molar-refractivity contribution in [1.82, 2.24) is 4.31 Å². The summed E-state index contributed by atoms with van der Waals surface area (Å²) >= 11 is 0. The number of nitrogens with zero attached hydrogens (tertiary/aromatic N) is 2. The molecule has 1 aliphatic heterocycles. The lowest BCUT2D eigenvalue weighted by atomic mass is 10.1. The van der Waals surface area contributed by atoms with Crippen LogP contribution in [0.2, 0.25) is 0 Å². The summed E-state index contributed by atoms with van der Waals surface area (Å²) in [5.41, 5.74) is 3.04. The van der Waals surface area contributed by atoms with Crippen LogP contribution in [-0.2, 0) is 10.0 Å². The molecule has 0 saturated carbocycles. The lowest BCUT2D eigenvalue weighted by Crippen LogP contribution is -2.31. The molecule has 0 aromatic heterocycles. The topological polar surface area (TPSA) is 49.9 Å². The Kier molecular flexibility index (Phi) is 5.30. The predicted molar refractivity (Wildman–Crippen MR) is 115 cm³/mol. The van der Waals surface area contributed by atoms with Gasteiger partial charge in [-0.1, -0.05) is 54.1 Å². The van der Waals surface area contributed by atoms with E-state index in [0.29, 0.717) is 11.4 Å². The molecule has 0 N–H and O–H groups in total. The van der Waals surface area contributed by atoms with Crippen molar-refractivity contribution in [3.05, 3.63) is 90.0 Å². The first-order chi connectivity index (χ1) is 14.0. The van der Waals surface area contributed by atoms with E-state index in [1.165, 1.54) is 0 Å². The minimum Gasteiger partial charge on any atom is -0.497 e. The van der Waals surface area contributed by atoms with Crippen LogP contribution in [0, 0.1) is 6.92 Å². The van der Waals surface area contributed by atoms with E-state index in [2.05, 4.69) is 4.90 Å². The van der Waals surface area contributed by atoms with Gasteiger partial charge in [-0.25, -0.2) is 8.42 Å². The van der Waals surface area contributed by atoms with E-state index in [9.17, 15) is 8.42 Å². The van der Waals surface area contributed by atoms with Crippen molar-refractivity contribution in [2.24, 2.45) is 0 Å². The van der Waals surface area contributed by atoms with Crippen LogP contribution < -0.4 is 9.64 Å². The highest BCUT2D eigenvalue weighted by Gasteiger charge is 2.38. The Hall–Kier alpha value is -2.83. The van der Waals surface area contributed by atoms with Crippen molar-refractivity contribution < 1.29 is 13.2 Å². The first kappa shape index (κ1) is 19.5. The molecule has 0 spiro atoms. The lowest BCUT2D eigenvalue weighted by Gasteiger charge is -2.26. The zero-order chi connectivity index (χ0) is 20.4. The number of benzene rings is 3. The quantitative estimate of drug-likeness (QED) is 0.634. The van der Waals surface area contributed by atoms with E-state index in [1.54, 1.807) is 23.5 Å². The summed E-state index contributed by atoms with van der Waals surface area (Å²) in [4.78, 5) is 2.44. The van der Waals surface area contributed by atoms with Crippen LogP contribution in [-0.4, -0.2) is 33.0 Å². The molecular weight excluding hydrogens is 384 g/mol. The van der Waals surface area contributed by atoms with Gasteiger partial charge in [0.05, 0.1) is 24.7 Å². The van der Waals surface area contributed by atoms with Crippen LogP contribution in [0.5, 0.6) is 5.75 Å². The molecule has 0 amide bonds. The molecule has 0 radical (unpaired) electrons. The fourth-order valence-corrected chi connectivity index (χ4v) is 5.05. The van der Waals surface area contributed by atoms with Gasteiger partial charge < -0.3 is 9.64 Å². The third-order valence-corrected chi connectivity index (χ3v) is 7.10. The molecule has 1 unspecified atom stereocenters. The number of ether oxygens (including phenoxy) is 1. The van der Waals surface area contributed by atoms with E-state index >= 15 is 0 Å². The van der Waals surface area contributed by atoms with Crippen LogP contribution >= 0.6 is 0 Å². The van der Waals surface area contributed by atoms with Gasteiger partial charge in [0.2, 0.25) is 10.0 Å². The maximum absolute atomic E-state index is 13.3. The number of hydrogen-bond acceptors (Lipinski definition) is 4. The summed E-state index contributed by atoms with van der Waals surface area (Å²) in [6, 6.07) is 24.7. The summed E-state index contributed by atoms with van der Waals surface area (Å²) in [5, 5.41) is 0. The summed E-state index contributed by atoms with van der Waals surface area (Å²) in [6.07, 6.45) is 0. The van der Waals surface area contributed by atoms with Crippen LogP contribution in [0.4, 0.5) is 5.69 Å². The Morgan fingerprint density at radius 2 is 1.66 bits per heavy atom. The number of sulfonamides is 1. The SMILES string of the molecule is COc1cccc(N2CN(S(=O)(=O)c3ccc(C)cc3)CC2c2ccccc2)c1. The number of aryl methyl sites for hydroxylation is 1. The van der Waals surface area contributed by atoms with Gasteiger partial charge in [0.25, 0.3) is 0 Å². The number of hydrogen-bond donors (Lipinski definition) is 0. The molecule has 1 aliphatic rings. The molecule has 5 nitrogen and oxygen atoms in total. The zero-order valence-corrected chi connectivity index (χ0v) is 17.3. The normalized spacial score (nSPS) is 17.4. The van der Waals surface area contributed by atoms with Gasteiger partial charge in [-0.15, -0.1) is 0 Å². The minimum atomic E-state index is -3.59. The van der Waals surface area contributed by atoms with E-state index in [0.717, 1.165) is 22.6 Å². The predicted octanol–water partition coefficient (Wildman–Crippen LogP) is 4.21. The molecular formula is C23H24N2O3S. The van der Waals surface area contributed by atoms with E-state index in [-0.39, 0.29) is 12.7 Å². The standard InChI is InChI=1S/C23H24N2O3S/c1-18-11-13-22(14-12-18)29(26,27)24-16-23(19-7-4-3-5-8-19)25(17-24)20-9-6-10-21(15-20)28-2/h3-15,23H,16-17H2,1-2H3. The van der Waals surface area contributed by atoms with Crippen molar-refractivity contribution in [2.45, 2.75) is 17.9 Å². The molecule has 1 saturated heterocycles. The minimum absolute atomic E-state index is 0.0801. The van der Waals surface area contributed by atoms with Gasteiger partial charge in [-0.05, 0) is 36.8 Å². The molecule has 150 valence electrons. The molecule has 1 atom stereocenters. The van der Waals surface area contributed by atoms with Gasteiger partial charge >= 0.3 is 0 Å². The van der Waals surface area contributed by atoms with Crippen molar-refractivity contribution in [3.63, 3.8) is 0 Å². The Labute approximate surface area is 172 Å². The average Bonchev–Trinajstić information content (AvgIpc) is 3.21. The molecule has 1 fully saturated rings. The van der Waals surface area contributed by atoms with Crippen molar-refractivity contribution >= 4 is 15.7 Å². The lowest BCUT2D eigenvalue weighted by molar-refractivity contribution is 0.414. The largest absolute Gasteiger partial charge is 0.497 e. The van der Waals surface area contributed by atoms with Gasteiger partial charge in [0.1, 0.15) is 5.75 Å². The molecule has 1 heterocycles. The molecule has 29 heavy (non-hydrogen) atoms. The second-order valence-corrected chi connectivity index (χ2v) is 9.13. The number of methoxy groups -OCH3 is 1. The van der Waals surface area contributed by atoms with Crippen LogP contribution in [0.25, 0.3) is 0 Å². The highest BCUT2D eigenvalue weighted by atomic mass is 32.2. The fraction of sp³-hybridized carbons (Fsp3) is 0.217. The third kappa shape index (κ3) is 3.86. The monoisotopic (exact) mass is 408 g/mol. The van der Waals surface area contributed by atoms with E-state index < -0.39 is 10.0 Å². The maximum Gasteiger partial charge on any atom is 0.244 e. The Balaban J connectivity index is 1.72. The smallest absolute Gasteiger partial charge is 0.244 e. The summed E-state index contributed by atoms with van der Waals surface area (Å²) in [6.45, 7) is 2.61. The molecule has 6 heteroatoms. The number of rotatable bonds is 5. The van der Waals surface area contributed by atoms with Gasteiger partial charge in [0.15, 0.2) is 0 Å². The van der Waals surface area contributed by atoms with E-state index in [1.807, 2.05) is 73.7 Å². The molecule has 4 rings (SSSR count). The van der Waals surface area contributed by atoms with Crippen molar-refractivity contribution in [3.8, 4) is 5.75 Å². The average molecular weight is 409 g/mol. The second kappa shape index (κ2) is 7.89. The first-order valence-electron chi connectivity index (χ1n) is 9.51. The van der Waals surface area contributed by atoms with Crippen LogP contribution in [0.3, 0.4) is 0 Å².